The van der Waals surface area contributed by atoms with Crippen molar-refractivity contribution in [2.24, 2.45) is 0 Å². The van der Waals surface area contributed by atoms with Gasteiger partial charge in [0, 0.05) is 32.1 Å². The van der Waals surface area contributed by atoms with Crippen molar-refractivity contribution in [2.45, 2.75) is 38.6 Å². The molecule has 2 aliphatic rings. The molecule has 0 saturated carbocycles. The zero-order chi connectivity index (χ0) is 18.0. The normalized spacial score (nSPS) is 20.5. The SMILES string of the molecule is COC(=O)c1cc(C#N)c(N2CCCC(N3CCCC3=O)C2)nc1C. The molecule has 2 saturated heterocycles. The van der Waals surface area contributed by atoms with E-state index in [9.17, 15) is 14.9 Å². The van der Waals surface area contributed by atoms with Crippen molar-refractivity contribution in [1.82, 2.24) is 9.88 Å². The van der Waals surface area contributed by atoms with Gasteiger partial charge in [0.05, 0.1) is 23.9 Å². The summed E-state index contributed by atoms with van der Waals surface area (Å²) in [6.07, 6.45) is 3.47. The van der Waals surface area contributed by atoms with E-state index in [1.54, 1.807) is 13.0 Å². The molecule has 7 nitrogen and oxygen atoms in total. The number of hydrogen-bond acceptors (Lipinski definition) is 6. The minimum absolute atomic E-state index is 0.165. The molecule has 1 atom stereocenters. The Morgan fingerprint density at radius 3 is 2.84 bits per heavy atom. The summed E-state index contributed by atoms with van der Waals surface area (Å²) in [6.45, 7) is 4.01. The molecule has 1 unspecified atom stereocenters. The lowest BCUT2D eigenvalue weighted by Gasteiger charge is -2.38. The third-order valence-electron chi connectivity index (χ3n) is 4.97. The summed E-state index contributed by atoms with van der Waals surface area (Å²) in [5.41, 5.74) is 1.21. The van der Waals surface area contributed by atoms with Gasteiger partial charge in [0.25, 0.3) is 0 Å². The number of nitrogens with zero attached hydrogens (tertiary/aromatic N) is 4. The van der Waals surface area contributed by atoms with Gasteiger partial charge in [-0.3, -0.25) is 4.79 Å². The van der Waals surface area contributed by atoms with Gasteiger partial charge >= 0.3 is 5.97 Å². The lowest BCUT2D eigenvalue weighted by molar-refractivity contribution is -0.129. The third-order valence-corrected chi connectivity index (χ3v) is 4.97. The first-order valence-corrected chi connectivity index (χ1v) is 8.59. The number of hydrogen-bond donors (Lipinski definition) is 0. The highest BCUT2D eigenvalue weighted by Gasteiger charge is 2.32. The maximum Gasteiger partial charge on any atom is 0.339 e. The van der Waals surface area contributed by atoms with E-state index in [2.05, 4.69) is 16.0 Å². The molecule has 1 amide bonds. The Bertz CT molecular complexity index is 741. The van der Waals surface area contributed by atoms with Gasteiger partial charge in [-0.1, -0.05) is 0 Å². The van der Waals surface area contributed by atoms with Crippen molar-refractivity contribution < 1.29 is 14.3 Å². The standard InChI is InChI=1S/C18H22N4O3/c1-12-15(18(24)25-2)9-13(10-19)17(20-12)21-7-3-5-14(11-21)22-8-4-6-16(22)23/h9,14H,3-8,11H2,1-2H3. The first kappa shape index (κ1) is 17.2. The largest absolute Gasteiger partial charge is 0.465 e. The van der Waals surface area contributed by atoms with Crippen molar-refractivity contribution >= 4 is 17.7 Å². The summed E-state index contributed by atoms with van der Waals surface area (Å²) in [6, 6.07) is 3.85. The zero-order valence-electron chi connectivity index (χ0n) is 14.6. The molecule has 132 valence electrons. The Kier molecular flexibility index (Phi) is 4.88. The van der Waals surface area contributed by atoms with Crippen molar-refractivity contribution in [3.63, 3.8) is 0 Å². The highest BCUT2D eigenvalue weighted by molar-refractivity contribution is 5.91. The third kappa shape index (κ3) is 3.29. The van der Waals surface area contributed by atoms with Crippen LogP contribution in [-0.4, -0.2) is 54.5 Å². The lowest BCUT2D eigenvalue weighted by Crippen LogP contribution is -2.49. The van der Waals surface area contributed by atoms with Gasteiger partial charge in [-0.2, -0.15) is 5.26 Å². The monoisotopic (exact) mass is 342 g/mol. The second-order valence-electron chi connectivity index (χ2n) is 6.53. The van der Waals surface area contributed by atoms with Crippen LogP contribution in [0.25, 0.3) is 0 Å². The molecule has 7 heteroatoms. The lowest BCUT2D eigenvalue weighted by atomic mass is 10.0. The van der Waals surface area contributed by atoms with E-state index in [0.717, 1.165) is 32.4 Å². The van der Waals surface area contributed by atoms with Crippen LogP contribution in [0.2, 0.25) is 0 Å². The van der Waals surface area contributed by atoms with E-state index in [1.165, 1.54) is 7.11 Å². The van der Waals surface area contributed by atoms with Crippen LogP contribution in [0.15, 0.2) is 6.07 Å². The summed E-state index contributed by atoms with van der Waals surface area (Å²) in [5.74, 6) is 0.314. The number of esters is 1. The number of carbonyl (C=O) groups excluding carboxylic acids is 2. The van der Waals surface area contributed by atoms with Crippen LogP contribution >= 0.6 is 0 Å². The smallest absolute Gasteiger partial charge is 0.339 e. The molecule has 1 aromatic rings. The summed E-state index contributed by atoms with van der Waals surface area (Å²) >= 11 is 0. The Labute approximate surface area is 147 Å². The van der Waals surface area contributed by atoms with Crippen molar-refractivity contribution in [3.8, 4) is 6.07 Å². The predicted molar refractivity (Wildman–Crippen MR) is 91.2 cm³/mol. The second kappa shape index (κ2) is 7.09. The molecule has 3 rings (SSSR count). The Morgan fingerprint density at radius 1 is 1.40 bits per heavy atom. The van der Waals surface area contributed by atoms with E-state index in [-0.39, 0.29) is 11.9 Å². The molecular formula is C18H22N4O3. The maximum atomic E-state index is 12.0. The Hall–Kier alpha value is -2.62. The van der Waals surface area contributed by atoms with Crippen LogP contribution in [0, 0.1) is 18.3 Å². The fraction of sp³-hybridized carbons (Fsp3) is 0.556. The Balaban J connectivity index is 1.88. The van der Waals surface area contributed by atoms with Crippen molar-refractivity contribution in [1.29, 1.82) is 5.26 Å². The number of pyridine rings is 1. The average Bonchev–Trinajstić information content (AvgIpc) is 3.07. The molecule has 0 spiro atoms. The van der Waals surface area contributed by atoms with E-state index in [4.69, 9.17) is 4.74 Å². The van der Waals surface area contributed by atoms with Crippen molar-refractivity contribution in [2.75, 3.05) is 31.6 Å². The number of likely N-dealkylation sites (tertiary alicyclic amines) is 1. The molecule has 0 bridgehead atoms. The molecule has 2 aliphatic heterocycles. The molecule has 2 fully saturated rings. The first-order valence-electron chi connectivity index (χ1n) is 8.59. The number of anilines is 1. The van der Waals surface area contributed by atoms with Crippen molar-refractivity contribution in [3.05, 3.63) is 22.9 Å². The molecule has 1 aromatic heterocycles. The molecule has 3 heterocycles. The molecular weight excluding hydrogens is 320 g/mol. The number of rotatable bonds is 3. The van der Waals surface area contributed by atoms with Gasteiger partial charge in [-0.15, -0.1) is 0 Å². The topological polar surface area (TPSA) is 86.5 Å². The molecule has 0 aliphatic carbocycles. The minimum Gasteiger partial charge on any atom is -0.465 e. The number of piperidine rings is 1. The summed E-state index contributed by atoms with van der Waals surface area (Å²) < 4.78 is 4.75. The van der Waals surface area contributed by atoms with Gasteiger partial charge in [-0.25, -0.2) is 9.78 Å². The highest BCUT2D eigenvalue weighted by Crippen LogP contribution is 2.27. The number of ether oxygens (including phenoxy) is 1. The first-order chi connectivity index (χ1) is 12.0. The van der Waals surface area contributed by atoms with Gasteiger partial charge in [0.2, 0.25) is 5.91 Å². The van der Waals surface area contributed by atoms with E-state index >= 15 is 0 Å². The number of aryl methyl sites for hydroxylation is 1. The van der Waals surface area contributed by atoms with Gasteiger partial charge in [0.1, 0.15) is 11.9 Å². The van der Waals surface area contributed by atoms with Crippen LogP contribution in [0.1, 0.15) is 47.3 Å². The molecule has 0 radical (unpaired) electrons. The van der Waals surface area contributed by atoms with Crippen LogP contribution in [0.3, 0.4) is 0 Å². The summed E-state index contributed by atoms with van der Waals surface area (Å²) in [5, 5.41) is 9.51. The van der Waals surface area contributed by atoms with E-state index in [1.807, 2.05) is 4.90 Å². The quantitative estimate of drug-likeness (QED) is 0.776. The van der Waals surface area contributed by atoms with E-state index < -0.39 is 5.97 Å². The van der Waals surface area contributed by atoms with Crippen LogP contribution in [0.5, 0.6) is 0 Å². The fourth-order valence-electron chi connectivity index (χ4n) is 3.69. The number of methoxy groups -OCH3 is 1. The van der Waals surface area contributed by atoms with E-state index in [0.29, 0.717) is 35.6 Å². The average molecular weight is 342 g/mol. The molecule has 0 N–H and O–H groups in total. The van der Waals surface area contributed by atoms with Crippen LogP contribution in [0.4, 0.5) is 5.82 Å². The number of carbonyl (C=O) groups is 2. The number of nitriles is 1. The van der Waals surface area contributed by atoms with Gasteiger partial charge in [-0.05, 0) is 32.3 Å². The second-order valence-corrected chi connectivity index (χ2v) is 6.53. The number of aromatic nitrogens is 1. The number of amides is 1. The molecule has 25 heavy (non-hydrogen) atoms. The zero-order valence-corrected chi connectivity index (χ0v) is 14.6. The minimum atomic E-state index is -0.493. The predicted octanol–water partition coefficient (Wildman–Crippen LogP) is 1.64. The van der Waals surface area contributed by atoms with Crippen LogP contribution in [-0.2, 0) is 9.53 Å². The summed E-state index contributed by atoms with van der Waals surface area (Å²) in [7, 11) is 1.31. The Morgan fingerprint density at radius 2 is 2.20 bits per heavy atom. The summed E-state index contributed by atoms with van der Waals surface area (Å²) in [4.78, 5) is 32.4. The fourth-order valence-corrected chi connectivity index (χ4v) is 3.69. The highest BCUT2D eigenvalue weighted by atomic mass is 16.5. The maximum absolute atomic E-state index is 12.0. The molecule has 0 aromatic carbocycles. The van der Waals surface area contributed by atoms with Gasteiger partial charge < -0.3 is 14.5 Å². The van der Waals surface area contributed by atoms with Crippen LogP contribution < -0.4 is 4.90 Å². The van der Waals surface area contributed by atoms with Gasteiger partial charge in [0.15, 0.2) is 0 Å².